The summed E-state index contributed by atoms with van der Waals surface area (Å²) in [7, 11) is 0. The Morgan fingerprint density at radius 1 is 1.00 bits per heavy atom. The number of fused-ring (bicyclic) bond motifs is 1. The van der Waals surface area contributed by atoms with E-state index in [1.807, 2.05) is 6.92 Å². The van der Waals surface area contributed by atoms with Crippen LogP contribution in [0.25, 0.3) is 0 Å². The lowest BCUT2D eigenvalue weighted by Gasteiger charge is -2.42. The van der Waals surface area contributed by atoms with Gasteiger partial charge in [-0.2, -0.15) is 0 Å². The molecule has 2 nitrogen and oxygen atoms in total. The van der Waals surface area contributed by atoms with E-state index in [-0.39, 0.29) is 6.29 Å². The van der Waals surface area contributed by atoms with Gasteiger partial charge in [-0.05, 0) is 26.7 Å². The fourth-order valence-corrected chi connectivity index (χ4v) is 2.51. The van der Waals surface area contributed by atoms with Crippen molar-refractivity contribution < 1.29 is 9.47 Å². The molecule has 0 aromatic heterocycles. The quantitative estimate of drug-likeness (QED) is 0.555. The SMILES string of the molecule is C[C@H]1O[C@H]2CCCC[C@@H]2[C@@H](C)O1. The van der Waals surface area contributed by atoms with Crippen LogP contribution in [-0.2, 0) is 9.47 Å². The van der Waals surface area contributed by atoms with Gasteiger partial charge in [0.15, 0.2) is 6.29 Å². The zero-order chi connectivity index (χ0) is 8.55. The van der Waals surface area contributed by atoms with Crippen molar-refractivity contribution in [1.29, 1.82) is 0 Å². The number of hydrogen-bond acceptors (Lipinski definition) is 2. The highest BCUT2D eigenvalue weighted by Crippen LogP contribution is 2.35. The molecule has 12 heavy (non-hydrogen) atoms. The van der Waals surface area contributed by atoms with E-state index in [4.69, 9.17) is 9.47 Å². The van der Waals surface area contributed by atoms with Crippen LogP contribution in [0, 0.1) is 5.92 Å². The highest BCUT2D eigenvalue weighted by Gasteiger charge is 2.36. The van der Waals surface area contributed by atoms with Gasteiger partial charge in [-0.1, -0.05) is 12.8 Å². The van der Waals surface area contributed by atoms with Crippen molar-refractivity contribution in [1.82, 2.24) is 0 Å². The average Bonchev–Trinajstić information content (AvgIpc) is 2.04. The maximum Gasteiger partial charge on any atom is 0.155 e. The van der Waals surface area contributed by atoms with Crippen molar-refractivity contribution >= 4 is 0 Å². The van der Waals surface area contributed by atoms with Gasteiger partial charge in [0, 0.05) is 5.92 Å². The largest absolute Gasteiger partial charge is 0.350 e. The summed E-state index contributed by atoms with van der Waals surface area (Å²) in [5.41, 5.74) is 0. The van der Waals surface area contributed by atoms with Crippen molar-refractivity contribution in [3.05, 3.63) is 0 Å². The molecule has 1 aliphatic carbocycles. The smallest absolute Gasteiger partial charge is 0.155 e. The van der Waals surface area contributed by atoms with E-state index in [2.05, 4.69) is 6.92 Å². The summed E-state index contributed by atoms with van der Waals surface area (Å²) in [6, 6.07) is 0. The molecule has 2 rings (SSSR count). The zero-order valence-corrected chi connectivity index (χ0v) is 7.95. The Kier molecular flexibility index (Phi) is 2.37. The second kappa shape index (κ2) is 3.35. The third-order valence-corrected chi connectivity index (χ3v) is 3.13. The predicted octanol–water partition coefficient (Wildman–Crippen LogP) is 2.33. The molecular formula is C10H18O2. The van der Waals surface area contributed by atoms with E-state index < -0.39 is 0 Å². The molecule has 0 spiro atoms. The first kappa shape index (κ1) is 8.52. The summed E-state index contributed by atoms with van der Waals surface area (Å²) < 4.78 is 11.4. The van der Waals surface area contributed by atoms with Gasteiger partial charge >= 0.3 is 0 Å². The summed E-state index contributed by atoms with van der Waals surface area (Å²) in [4.78, 5) is 0. The normalized spacial score (nSPS) is 48.5. The second-order valence-electron chi connectivity index (χ2n) is 4.03. The minimum Gasteiger partial charge on any atom is -0.350 e. The van der Waals surface area contributed by atoms with E-state index in [0.29, 0.717) is 18.1 Å². The van der Waals surface area contributed by atoms with E-state index in [0.717, 1.165) is 0 Å². The molecule has 1 aliphatic heterocycles. The molecule has 0 amide bonds. The van der Waals surface area contributed by atoms with Crippen molar-refractivity contribution in [2.75, 3.05) is 0 Å². The monoisotopic (exact) mass is 170 g/mol. The first-order chi connectivity index (χ1) is 5.77. The van der Waals surface area contributed by atoms with Gasteiger partial charge in [-0.25, -0.2) is 0 Å². The fourth-order valence-electron chi connectivity index (χ4n) is 2.51. The van der Waals surface area contributed by atoms with Crippen LogP contribution >= 0.6 is 0 Å². The molecule has 2 heteroatoms. The van der Waals surface area contributed by atoms with Gasteiger partial charge < -0.3 is 9.47 Å². The van der Waals surface area contributed by atoms with Crippen molar-refractivity contribution in [3.63, 3.8) is 0 Å². The number of hydrogen-bond donors (Lipinski definition) is 0. The maximum absolute atomic E-state index is 5.74. The summed E-state index contributed by atoms with van der Waals surface area (Å²) >= 11 is 0. The molecule has 70 valence electrons. The molecule has 2 fully saturated rings. The molecule has 1 heterocycles. The Labute approximate surface area is 74.2 Å². The van der Waals surface area contributed by atoms with Gasteiger partial charge in [0.25, 0.3) is 0 Å². The third-order valence-electron chi connectivity index (χ3n) is 3.13. The molecule has 0 aromatic carbocycles. The van der Waals surface area contributed by atoms with Crippen molar-refractivity contribution in [3.8, 4) is 0 Å². The summed E-state index contributed by atoms with van der Waals surface area (Å²) in [6.07, 6.45) is 6.12. The summed E-state index contributed by atoms with van der Waals surface area (Å²) in [5.74, 6) is 0.662. The highest BCUT2D eigenvalue weighted by atomic mass is 16.7. The van der Waals surface area contributed by atoms with E-state index >= 15 is 0 Å². The third kappa shape index (κ3) is 1.50. The molecule has 0 N–H and O–H groups in total. The Morgan fingerprint density at radius 3 is 2.58 bits per heavy atom. The van der Waals surface area contributed by atoms with Crippen LogP contribution < -0.4 is 0 Å². The van der Waals surface area contributed by atoms with Crippen LogP contribution in [0.3, 0.4) is 0 Å². The lowest BCUT2D eigenvalue weighted by molar-refractivity contribution is -0.263. The van der Waals surface area contributed by atoms with Gasteiger partial charge in [0.2, 0.25) is 0 Å². The molecule has 2 aliphatic rings. The van der Waals surface area contributed by atoms with Crippen molar-refractivity contribution in [2.24, 2.45) is 5.92 Å². The van der Waals surface area contributed by atoms with Crippen LogP contribution in [-0.4, -0.2) is 18.5 Å². The Bertz CT molecular complexity index is 158. The fraction of sp³-hybridized carbons (Fsp3) is 1.00. The Hall–Kier alpha value is -0.0800. The molecule has 0 bridgehead atoms. The van der Waals surface area contributed by atoms with Crippen LogP contribution in [0.5, 0.6) is 0 Å². The van der Waals surface area contributed by atoms with E-state index in [1.54, 1.807) is 0 Å². The first-order valence-corrected chi connectivity index (χ1v) is 5.08. The van der Waals surface area contributed by atoms with E-state index in [9.17, 15) is 0 Å². The molecular weight excluding hydrogens is 152 g/mol. The lowest BCUT2D eigenvalue weighted by atomic mass is 9.82. The second-order valence-corrected chi connectivity index (χ2v) is 4.03. The average molecular weight is 170 g/mol. The first-order valence-electron chi connectivity index (χ1n) is 5.08. The molecule has 1 saturated heterocycles. The summed E-state index contributed by atoms with van der Waals surface area (Å²) in [6.45, 7) is 4.18. The van der Waals surface area contributed by atoms with Gasteiger partial charge in [-0.15, -0.1) is 0 Å². The van der Waals surface area contributed by atoms with Gasteiger partial charge in [0.05, 0.1) is 12.2 Å². The predicted molar refractivity (Wildman–Crippen MR) is 46.8 cm³/mol. The topological polar surface area (TPSA) is 18.5 Å². The molecule has 4 atom stereocenters. The summed E-state index contributed by atoms with van der Waals surface area (Å²) in [5, 5.41) is 0. The standard InChI is InChI=1S/C10H18O2/c1-7-9-5-3-4-6-10(9)12-8(2)11-7/h7-10H,3-6H2,1-2H3/t7-,8-,9-,10+/m1/s1. The zero-order valence-electron chi connectivity index (χ0n) is 7.95. The van der Waals surface area contributed by atoms with Crippen LogP contribution in [0.4, 0.5) is 0 Å². The number of ether oxygens (including phenoxy) is 2. The molecule has 0 aromatic rings. The van der Waals surface area contributed by atoms with Crippen LogP contribution in [0.2, 0.25) is 0 Å². The highest BCUT2D eigenvalue weighted by molar-refractivity contribution is 4.83. The van der Waals surface area contributed by atoms with E-state index in [1.165, 1.54) is 25.7 Å². The molecule has 1 saturated carbocycles. The van der Waals surface area contributed by atoms with Gasteiger partial charge in [-0.3, -0.25) is 0 Å². The molecule has 0 radical (unpaired) electrons. The maximum atomic E-state index is 5.74. The minimum atomic E-state index is 0.0133. The van der Waals surface area contributed by atoms with Crippen LogP contribution in [0.1, 0.15) is 39.5 Å². The minimum absolute atomic E-state index is 0.0133. The van der Waals surface area contributed by atoms with Crippen LogP contribution in [0.15, 0.2) is 0 Å². The Balaban J connectivity index is 2.01. The van der Waals surface area contributed by atoms with Gasteiger partial charge in [0.1, 0.15) is 0 Å². The molecule has 0 unspecified atom stereocenters. The Morgan fingerprint density at radius 2 is 1.75 bits per heavy atom. The lowest BCUT2D eigenvalue weighted by Crippen LogP contribution is -2.45. The number of rotatable bonds is 0. The van der Waals surface area contributed by atoms with Crippen molar-refractivity contribution in [2.45, 2.75) is 58.0 Å².